The van der Waals surface area contributed by atoms with Crippen molar-refractivity contribution in [1.82, 2.24) is 5.32 Å². The lowest BCUT2D eigenvalue weighted by Gasteiger charge is -2.58. The van der Waals surface area contributed by atoms with Gasteiger partial charge in [-0.2, -0.15) is 0 Å². The lowest BCUT2D eigenvalue weighted by atomic mass is 9.48. The molecule has 1 atom stereocenters. The summed E-state index contributed by atoms with van der Waals surface area (Å²) >= 11 is 0. The van der Waals surface area contributed by atoms with E-state index < -0.39 is 6.10 Å². The second-order valence-corrected chi connectivity index (χ2v) is 9.34. The Morgan fingerprint density at radius 2 is 1.65 bits per heavy atom. The van der Waals surface area contributed by atoms with E-state index in [-0.39, 0.29) is 11.3 Å². The van der Waals surface area contributed by atoms with Crippen molar-refractivity contribution >= 4 is 11.6 Å². The van der Waals surface area contributed by atoms with Gasteiger partial charge in [0.15, 0.2) is 0 Å². The van der Waals surface area contributed by atoms with E-state index in [1.807, 2.05) is 43.3 Å². The van der Waals surface area contributed by atoms with Gasteiger partial charge in [-0.05, 0) is 79.4 Å². The molecule has 4 fully saturated rings. The number of rotatable bonds is 6. The minimum absolute atomic E-state index is 0.00591. The first-order chi connectivity index (χ1) is 12.4. The number of nitrogens with one attached hydrogen (secondary N) is 1. The maximum Gasteiger partial charge on any atom is 0.224 e. The molecule has 1 aromatic carbocycles. The van der Waals surface area contributed by atoms with E-state index in [0.29, 0.717) is 13.0 Å². The van der Waals surface area contributed by atoms with Gasteiger partial charge in [0.25, 0.3) is 0 Å². The highest BCUT2D eigenvalue weighted by Crippen LogP contribution is 2.61. The van der Waals surface area contributed by atoms with Gasteiger partial charge in [0.05, 0.1) is 12.5 Å². The molecule has 5 rings (SSSR count). The summed E-state index contributed by atoms with van der Waals surface area (Å²) in [6.45, 7) is 0.404. The van der Waals surface area contributed by atoms with E-state index in [2.05, 4.69) is 5.32 Å². The molecular weight excluding hydrogens is 324 g/mol. The van der Waals surface area contributed by atoms with Crippen LogP contribution in [0.3, 0.4) is 0 Å². The third-order valence-corrected chi connectivity index (χ3v) is 7.10. The summed E-state index contributed by atoms with van der Waals surface area (Å²) in [4.78, 5) is 14.4. The number of carbonyl (C=O) groups is 1. The van der Waals surface area contributed by atoms with Crippen LogP contribution in [0.25, 0.3) is 0 Å². The van der Waals surface area contributed by atoms with Gasteiger partial charge < -0.3 is 15.3 Å². The fourth-order valence-electron chi connectivity index (χ4n) is 6.17. The van der Waals surface area contributed by atoms with Crippen LogP contribution in [0.4, 0.5) is 5.69 Å². The van der Waals surface area contributed by atoms with Gasteiger partial charge in [-0.1, -0.05) is 12.1 Å². The van der Waals surface area contributed by atoms with Crippen LogP contribution < -0.4 is 10.2 Å². The van der Waals surface area contributed by atoms with Crippen molar-refractivity contribution in [2.75, 3.05) is 25.5 Å². The summed E-state index contributed by atoms with van der Waals surface area (Å²) < 4.78 is 0. The first-order valence-corrected chi connectivity index (χ1v) is 10.1. The number of carbonyl (C=O) groups excluding carboxylic acids is 1. The molecule has 0 radical (unpaired) electrons. The van der Waals surface area contributed by atoms with Gasteiger partial charge in [-0.3, -0.25) is 4.79 Å². The largest absolute Gasteiger partial charge is 0.391 e. The molecule has 142 valence electrons. The highest BCUT2D eigenvalue weighted by atomic mass is 16.3. The number of amides is 1. The predicted molar refractivity (Wildman–Crippen MR) is 104 cm³/mol. The number of benzene rings is 1. The SMILES string of the molecule is CN(C)c1ccc(CC(=O)NC[C@H](O)C23CC4CC(CC(C4)C2)C3)cc1. The Labute approximate surface area is 157 Å². The highest BCUT2D eigenvalue weighted by Gasteiger charge is 2.53. The normalized spacial score (nSPS) is 33.1. The number of anilines is 1. The Bertz CT molecular complexity index is 617. The number of aliphatic hydroxyl groups is 1. The van der Waals surface area contributed by atoms with Gasteiger partial charge in [0.1, 0.15) is 0 Å². The topological polar surface area (TPSA) is 52.6 Å². The second-order valence-electron chi connectivity index (χ2n) is 9.34. The van der Waals surface area contributed by atoms with Gasteiger partial charge in [-0.15, -0.1) is 0 Å². The maximum atomic E-state index is 12.3. The number of hydrogen-bond acceptors (Lipinski definition) is 3. The molecule has 4 saturated carbocycles. The Balaban J connectivity index is 1.30. The van der Waals surface area contributed by atoms with Gasteiger partial charge in [0.2, 0.25) is 5.91 Å². The molecule has 4 aliphatic rings. The van der Waals surface area contributed by atoms with Crippen molar-refractivity contribution in [3.05, 3.63) is 29.8 Å². The third kappa shape index (κ3) is 3.48. The third-order valence-electron chi connectivity index (χ3n) is 7.10. The standard InChI is InChI=1S/C22H32N2O2/c1-24(2)19-5-3-15(4-6-19)10-21(26)23-14-20(25)22-11-16-7-17(12-22)9-18(8-16)13-22/h3-6,16-18,20,25H,7-14H2,1-2H3,(H,23,26)/t16?,17?,18?,20-,22?/m0/s1. The smallest absolute Gasteiger partial charge is 0.224 e. The molecule has 4 heteroatoms. The molecule has 0 aromatic heterocycles. The van der Waals surface area contributed by atoms with Crippen molar-refractivity contribution in [2.45, 2.75) is 51.0 Å². The molecule has 4 aliphatic carbocycles. The predicted octanol–water partition coefficient (Wildman–Crippen LogP) is 2.99. The molecule has 0 saturated heterocycles. The fourth-order valence-corrected chi connectivity index (χ4v) is 6.17. The van der Waals surface area contributed by atoms with Crippen LogP contribution in [0.2, 0.25) is 0 Å². The lowest BCUT2D eigenvalue weighted by molar-refractivity contribution is -0.128. The minimum atomic E-state index is -0.393. The van der Waals surface area contributed by atoms with Crippen molar-refractivity contribution in [3.63, 3.8) is 0 Å². The summed E-state index contributed by atoms with van der Waals surface area (Å²) in [5.41, 5.74) is 2.22. The fraction of sp³-hybridized carbons (Fsp3) is 0.682. The highest BCUT2D eigenvalue weighted by molar-refractivity contribution is 5.78. The molecule has 0 heterocycles. The van der Waals surface area contributed by atoms with Crippen molar-refractivity contribution in [3.8, 4) is 0 Å². The van der Waals surface area contributed by atoms with E-state index in [1.54, 1.807) is 0 Å². The van der Waals surface area contributed by atoms with E-state index in [1.165, 1.54) is 38.5 Å². The number of hydrogen-bond donors (Lipinski definition) is 2. The Morgan fingerprint density at radius 3 is 2.15 bits per heavy atom. The van der Waals surface area contributed by atoms with E-state index in [9.17, 15) is 9.90 Å². The van der Waals surface area contributed by atoms with Crippen LogP contribution >= 0.6 is 0 Å². The molecule has 0 spiro atoms. The van der Waals surface area contributed by atoms with Crippen molar-refractivity contribution in [2.24, 2.45) is 23.2 Å². The number of aliphatic hydroxyl groups excluding tert-OH is 1. The van der Waals surface area contributed by atoms with Crippen LogP contribution in [-0.4, -0.2) is 37.8 Å². The first kappa shape index (κ1) is 17.8. The van der Waals surface area contributed by atoms with Crippen LogP contribution in [0.5, 0.6) is 0 Å². The van der Waals surface area contributed by atoms with E-state index >= 15 is 0 Å². The maximum absolute atomic E-state index is 12.3. The van der Waals surface area contributed by atoms with E-state index in [0.717, 1.165) is 29.0 Å². The van der Waals surface area contributed by atoms with Crippen LogP contribution in [-0.2, 0) is 11.2 Å². The Morgan fingerprint density at radius 1 is 1.12 bits per heavy atom. The summed E-state index contributed by atoms with van der Waals surface area (Å²) in [5, 5.41) is 13.9. The molecule has 4 nitrogen and oxygen atoms in total. The van der Waals surface area contributed by atoms with Crippen LogP contribution in [0.15, 0.2) is 24.3 Å². The van der Waals surface area contributed by atoms with Crippen LogP contribution in [0, 0.1) is 23.2 Å². The zero-order chi connectivity index (χ0) is 18.3. The van der Waals surface area contributed by atoms with Crippen molar-refractivity contribution in [1.29, 1.82) is 0 Å². The number of nitrogens with zero attached hydrogens (tertiary/aromatic N) is 1. The van der Waals surface area contributed by atoms with Gasteiger partial charge in [0, 0.05) is 26.3 Å². The zero-order valence-corrected chi connectivity index (χ0v) is 16.1. The summed E-state index contributed by atoms with van der Waals surface area (Å²) in [6, 6.07) is 8.08. The van der Waals surface area contributed by atoms with Gasteiger partial charge >= 0.3 is 0 Å². The molecule has 1 amide bonds. The molecule has 26 heavy (non-hydrogen) atoms. The quantitative estimate of drug-likeness (QED) is 0.824. The molecule has 4 bridgehead atoms. The molecule has 2 N–H and O–H groups in total. The van der Waals surface area contributed by atoms with Crippen LogP contribution in [0.1, 0.15) is 44.1 Å². The molecule has 1 aromatic rings. The Hall–Kier alpha value is -1.55. The summed E-state index contributed by atoms with van der Waals surface area (Å²) in [7, 11) is 4.01. The zero-order valence-electron chi connectivity index (χ0n) is 16.1. The monoisotopic (exact) mass is 356 g/mol. The lowest BCUT2D eigenvalue weighted by Crippen LogP contribution is -2.54. The molecule has 0 aliphatic heterocycles. The second kappa shape index (κ2) is 6.88. The average Bonchev–Trinajstić information content (AvgIpc) is 2.59. The molecular formula is C22H32N2O2. The Kier molecular flexibility index (Phi) is 4.72. The van der Waals surface area contributed by atoms with E-state index in [4.69, 9.17) is 0 Å². The summed E-state index contributed by atoms with van der Waals surface area (Å²) in [6.07, 6.45) is 7.62. The van der Waals surface area contributed by atoms with Crippen molar-refractivity contribution < 1.29 is 9.90 Å². The van der Waals surface area contributed by atoms with Gasteiger partial charge in [-0.25, -0.2) is 0 Å². The molecule has 0 unspecified atom stereocenters. The minimum Gasteiger partial charge on any atom is -0.391 e. The first-order valence-electron chi connectivity index (χ1n) is 10.1. The summed E-state index contributed by atoms with van der Waals surface area (Å²) in [5.74, 6) is 2.47. The average molecular weight is 357 g/mol.